The fraction of sp³-hybridized carbons (Fsp3) is 0.333. The van der Waals surface area contributed by atoms with E-state index in [1.165, 1.54) is 23.5 Å². The topological polar surface area (TPSA) is 47.3 Å². The maximum atomic E-state index is 13.1. The van der Waals surface area contributed by atoms with Crippen molar-refractivity contribution in [2.75, 3.05) is 26.2 Å². The molecule has 1 saturated heterocycles. The lowest BCUT2D eigenvalue weighted by Crippen LogP contribution is -2.49. The number of amides is 1. The number of benzene rings is 1. The van der Waals surface area contributed by atoms with Crippen molar-refractivity contribution in [3.63, 3.8) is 0 Å². The highest BCUT2D eigenvalue weighted by Crippen LogP contribution is 2.23. The van der Waals surface area contributed by atoms with E-state index in [1.807, 2.05) is 28.9 Å². The lowest BCUT2D eigenvalue weighted by Gasteiger charge is -2.36. The monoisotopic (exact) mass is 343 g/mol. The van der Waals surface area contributed by atoms with Gasteiger partial charge in [-0.2, -0.15) is 5.26 Å². The van der Waals surface area contributed by atoms with Gasteiger partial charge in [0.1, 0.15) is 11.9 Å². The van der Waals surface area contributed by atoms with Crippen molar-refractivity contribution in [2.24, 2.45) is 0 Å². The largest absolute Gasteiger partial charge is 0.335 e. The number of aryl methyl sites for hydroxylation is 1. The van der Waals surface area contributed by atoms with Crippen LogP contribution in [-0.2, 0) is 0 Å². The number of nitrogens with zero attached hydrogens (tertiary/aromatic N) is 3. The smallest absolute Gasteiger partial charge is 0.264 e. The number of hydrogen-bond donors (Lipinski definition) is 0. The van der Waals surface area contributed by atoms with Crippen LogP contribution in [0.1, 0.15) is 26.2 Å². The number of piperazine rings is 1. The summed E-state index contributed by atoms with van der Waals surface area (Å²) in [5.41, 5.74) is 0.785. The molecule has 0 unspecified atom stereocenters. The third-order valence-electron chi connectivity index (χ3n) is 4.23. The van der Waals surface area contributed by atoms with Crippen LogP contribution in [-0.4, -0.2) is 41.9 Å². The highest BCUT2D eigenvalue weighted by molar-refractivity contribution is 7.13. The van der Waals surface area contributed by atoms with E-state index in [4.69, 9.17) is 0 Å². The molecule has 3 rings (SSSR count). The third kappa shape index (κ3) is 3.48. The van der Waals surface area contributed by atoms with Crippen molar-refractivity contribution in [1.29, 1.82) is 5.26 Å². The molecule has 0 saturated carbocycles. The van der Waals surface area contributed by atoms with Crippen molar-refractivity contribution >= 4 is 17.2 Å². The van der Waals surface area contributed by atoms with Crippen LogP contribution in [0.15, 0.2) is 36.4 Å². The summed E-state index contributed by atoms with van der Waals surface area (Å²) in [6.45, 7) is 4.43. The number of carbonyl (C=O) groups is 1. The molecule has 2 heterocycles. The highest BCUT2D eigenvalue weighted by atomic mass is 32.1. The lowest BCUT2D eigenvalue weighted by molar-refractivity contribution is 0.0611. The minimum atomic E-state index is -0.410. The Labute approximate surface area is 144 Å². The minimum Gasteiger partial charge on any atom is -0.335 e. The molecule has 1 aromatic heterocycles. The number of thiophene rings is 1. The molecule has 2 aromatic rings. The summed E-state index contributed by atoms with van der Waals surface area (Å²) in [6.07, 6.45) is 0. The molecule has 0 bridgehead atoms. The Morgan fingerprint density at radius 3 is 2.38 bits per heavy atom. The van der Waals surface area contributed by atoms with Crippen molar-refractivity contribution in [3.8, 4) is 6.07 Å². The zero-order valence-corrected chi connectivity index (χ0v) is 14.2. The van der Waals surface area contributed by atoms with E-state index in [9.17, 15) is 14.4 Å². The molecule has 1 aliphatic rings. The van der Waals surface area contributed by atoms with Crippen LogP contribution in [0.25, 0.3) is 0 Å². The Bertz CT molecular complexity index is 757. The quantitative estimate of drug-likeness (QED) is 0.860. The molecule has 124 valence electrons. The van der Waals surface area contributed by atoms with Crippen LogP contribution >= 0.6 is 11.3 Å². The Kier molecular flexibility index (Phi) is 4.93. The van der Waals surface area contributed by atoms with Crippen LogP contribution in [0.4, 0.5) is 4.39 Å². The van der Waals surface area contributed by atoms with Gasteiger partial charge in [0, 0.05) is 31.1 Å². The Hall–Kier alpha value is -2.23. The second-order valence-electron chi connectivity index (χ2n) is 5.82. The van der Waals surface area contributed by atoms with Crippen LogP contribution < -0.4 is 0 Å². The molecule has 0 radical (unpaired) electrons. The van der Waals surface area contributed by atoms with E-state index < -0.39 is 6.04 Å². The van der Waals surface area contributed by atoms with Crippen LogP contribution in [0, 0.1) is 24.1 Å². The number of carbonyl (C=O) groups excluding carboxylic acids is 1. The Morgan fingerprint density at radius 1 is 1.17 bits per heavy atom. The van der Waals surface area contributed by atoms with Gasteiger partial charge in [-0.15, -0.1) is 11.3 Å². The number of halogens is 1. The number of hydrogen-bond acceptors (Lipinski definition) is 4. The first-order valence-electron chi connectivity index (χ1n) is 7.83. The molecule has 0 aliphatic carbocycles. The second kappa shape index (κ2) is 7.12. The predicted octanol–water partition coefficient (Wildman–Crippen LogP) is 3.22. The molecule has 1 amide bonds. The van der Waals surface area contributed by atoms with E-state index in [0.717, 1.165) is 15.3 Å². The normalized spacial score (nSPS) is 16.6. The van der Waals surface area contributed by atoms with Gasteiger partial charge < -0.3 is 4.90 Å². The van der Waals surface area contributed by atoms with Gasteiger partial charge >= 0.3 is 0 Å². The SMILES string of the molecule is Cc1ccc(C(=O)N2CCN([C@@H](C#N)c3ccc(F)cc3)CC2)s1. The molecule has 6 heteroatoms. The van der Waals surface area contributed by atoms with Gasteiger partial charge in [-0.1, -0.05) is 12.1 Å². The van der Waals surface area contributed by atoms with E-state index in [0.29, 0.717) is 26.2 Å². The van der Waals surface area contributed by atoms with E-state index in [2.05, 4.69) is 6.07 Å². The first-order valence-corrected chi connectivity index (χ1v) is 8.65. The molecule has 0 N–H and O–H groups in total. The van der Waals surface area contributed by atoms with Gasteiger partial charge in [0.15, 0.2) is 0 Å². The molecule has 0 spiro atoms. The summed E-state index contributed by atoms with van der Waals surface area (Å²) in [5, 5.41) is 9.49. The third-order valence-corrected chi connectivity index (χ3v) is 5.21. The predicted molar refractivity (Wildman–Crippen MR) is 91.3 cm³/mol. The van der Waals surface area contributed by atoms with Gasteiger partial charge in [0.2, 0.25) is 0 Å². The van der Waals surface area contributed by atoms with Crippen molar-refractivity contribution in [2.45, 2.75) is 13.0 Å². The zero-order chi connectivity index (χ0) is 17.1. The summed E-state index contributed by atoms with van der Waals surface area (Å²) >= 11 is 1.51. The summed E-state index contributed by atoms with van der Waals surface area (Å²) in [4.78, 5) is 18.2. The fourth-order valence-electron chi connectivity index (χ4n) is 2.90. The maximum absolute atomic E-state index is 13.1. The van der Waals surface area contributed by atoms with Crippen molar-refractivity contribution < 1.29 is 9.18 Å². The summed E-state index contributed by atoms with van der Waals surface area (Å²) in [7, 11) is 0. The lowest BCUT2D eigenvalue weighted by atomic mass is 10.1. The molecule has 24 heavy (non-hydrogen) atoms. The van der Waals surface area contributed by atoms with Crippen LogP contribution in [0.2, 0.25) is 0 Å². The highest BCUT2D eigenvalue weighted by Gasteiger charge is 2.27. The minimum absolute atomic E-state index is 0.0584. The van der Waals surface area contributed by atoms with Gasteiger partial charge in [-0.05, 0) is 36.8 Å². The van der Waals surface area contributed by atoms with Gasteiger partial charge in [-0.25, -0.2) is 4.39 Å². The molecular formula is C18H18FN3OS. The maximum Gasteiger partial charge on any atom is 0.264 e. The average Bonchev–Trinajstić information content (AvgIpc) is 3.04. The summed E-state index contributed by atoms with van der Waals surface area (Å²) < 4.78 is 13.1. The van der Waals surface area contributed by atoms with Crippen LogP contribution in [0.3, 0.4) is 0 Å². The zero-order valence-electron chi connectivity index (χ0n) is 13.4. The fourth-order valence-corrected chi connectivity index (χ4v) is 3.74. The average molecular weight is 343 g/mol. The number of rotatable bonds is 3. The Morgan fingerprint density at radius 2 is 1.83 bits per heavy atom. The summed E-state index contributed by atoms with van der Waals surface area (Å²) in [6, 6.07) is 11.7. The van der Waals surface area contributed by atoms with Gasteiger partial charge in [-0.3, -0.25) is 9.69 Å². The molecule has 1 atom stereocenters. The summed E-state index contributed by atoms with van der Waals surface area (Å²) in [5.74, 6) is -0.250. The van der Waals surface area contributed by atoms with Crippen molar-refractivity contribution in [3.05, 3.63) is 57.5 Å². The van der Waals surface area contributed by atoms with E-state index in [1.54, 1.807) is 12.1 Å². The van der Waals surface area contributed by atoms with Crippen LogP contribution in [0.5, 0.6) is 0 Å². The van der Waals surface area contributed by atoms with Crippen molar-refractivity contribution in [1.82, 2.24) is 9.80 Å². The second-order valence-corrected chi connectivity index (χ2v) is 7.11. The first-order chi connectivity index (χ1) is 11.6. The number of nitriles is 1. The molecular weight excluding hydrogens is 325 g/mol. The van der Waals surface area contributed by atoms with E-state index >= 15 is 0 Å². The molecule has 1 fully saturated rings. The molecule has 1 aromatic carbocycles. The Balaban J connectivity index is 1.64. The molecule has 4 nitrogen and oxygen atoms in total. The van der Waals surface area contributed by atoms with Gasteiger partial charge in [0.25, 0.3) is 5.91 Å². The van der Waals surface area contributed by atoms with E-state index in [-0.39, 0.29) is 11.7 Å². The standard InChI is InChI=1S/C18H18FN3OS/c1-13-2-7-17(24-13)18(23)22-10-8-21(9-11-22)16(12-20)14-3-5-15(19)6-4-14/h2-7,16H,8-11H2,1H3/t16-/m0/s1. The molecule has 1 aliphatic heterocycles. The first kappa shape index (κ1) is 16.6. The van der Waals surface area contributed by atoms with Gasteiger partial charge in [0.05, 0.1) is 10.9 Å².